The zero-order valence-corrected chi connectivity index (χ0v) is 16.8. The standard InChI is InChI=1S/C23H27N5O/c1-26(16-19-15-25-28(17-19)22-9-3-2-4-10-22)23(29)24-12-14-27-13-11-20-7-5-6-8-21(20)18-27/h2-10,15,17H,11-14,16,18H2,1H3,(H,24,29). The lowest BCUT2D eigenvalue weighted by Crippen LogP contribution is -2.42. The molecule has 6 nitrogen and oxygen atoms in total. The molecule has 1 aromatic heterocycles. The molecule has 0 saturated heterocycles. The molecule has 0 aliphatic carbocycles. The van der Waals surface area contributed by atoms with Gasteiger partial charge < -0.3 is 10.2 Å². The molecule has 4 rings (SSSR count). The third-order valence-electron chi connectivity index (χ3n) is 5.34. The highest BCUT2D eigenvalue weighted by Gasteiger charge is 2.16. The summed E-state index contributed by atoms with van der Waals surface area (Å²) >= 11 is 0. The van der Waals surface area contributed by atoms with Gasteiger partial charge >= 0.3 is 6.03 Å². The minimum atomic E-state index is -0.0603. The number of hydrogen-bond donors (Lipinski definition) is 1. The van der Waals surface area contributed by atoms with Gasteiger partial charge in [-0.05, 0) is 29.7 Å². The first-order chi connectivity index (χ1) is 14.2. The number of carbonyl (C=O) groups is 1. The normalized spacial score (nSPS) is 13.7. The van der Waals surface area contributed by atoms with Crippen LogP contribution in [0.25, 0.3) is 5.69 Å². The van der Waals surface area contributed by atoms with E-state index in [4.69, 9.17) is 0 Å². The third kappa shape index (κ3) is 4.84. The number of urea groups is 1. The van der Waals surface area contributed by atoms with E-state index < -0.39 is 0 Å². The largest absolute Gasteiger partial charge is 0.337 e. The zero-order chi connectivity index (χ0) is 20.1. The SMILES string of the molecule is CN(Cc1cnn(-c2ccccc2)c1)C(=O)NCCN1CCc2ccccc2C1. The second kappa shape index (κ2) is 8.92. The van der Waals surface area contributed by atoms with Crippen LogP contribution < -0.4 is 5.32 Å². The van der Waals surface area contributed by atoms with Gasteiger partial charge in [0.15, 0.2) is 0 Å². The van der Waals surface area contributed by atoms with E-state index in [1.54, 1.807) is 4.90 Å². The molecule has 0 radical (unpaired) electrons. The molecule has 150 valence electrons. The number of benzene rings is 2. The number of nitrogens with zero attached hydrogens (tertiary/aromatic N) is 4. The highest BCUT2D eigenvalue weighted by molar-refractivity contribution is 5.73. The number of carbonyl (C=O) groups excluding carboxylic acids is 1. The highest BCUT2D eigenvalue weighted by Crippen LogP contribution is 2.17. The molecule has 2 aromatic carbocycles. The average molecular weight is 390 g/mol. The van der Waals surface area contributed by atoms with Gasteiger partial charge in [-0.2, -0.15) is 5.10 Å². The number of hydrogen-bond acceptors (Lipinski definition) is 3. The van der Waals surface area contributed by atoms with Gasteiger partial charge in [0.05, 0.1) is 18.4 Å². The molecular formula is C23H27N5O. The van der Waals surface area contributed by atoms with Crippen LogP contribution in [0.5, 0.6) is 0 Å². The summed E-state index contributed by atoms with van der Waals surface area (Å²) in [6.45, 7) is 4.03. The van der Waals surface area contributed by atoms with Crippen LogP contribution in [-0.4, -0.2) is 52.3 Å². The first-order valence-electron chi connectivity index (χ1n) is 10.1. The van der Waals surface area contributed by atoms with Crippen molar-refractivity contribution < 1.29 is 4.79 Å². The van der Waals surface area contributed by atoms with Crippen molar-refractivity contribution in [1.82, 2.24) is 24.9 Å². The molecule has 6 heteroatoms. The van der Waals surface area contributed by atoms with Crippen LogP contribution in [-0.2, 0) is 19.5 Å². The molecule has 1 aliphatic heterocycles. The molecule has 3 aromatic rings. The van der Waals surface area contributed by atoms with Gasteiger partial charge in [0, 0.05) is 45.0 Å². The van der Waals surface area contributed by atoms with E-state index in [0.29, 0.717) is 13.1 Å². The fraction of sp³-hybridized carbons (Fsp3) is 0.304. The lowest BCUT2D eigenvalue weighted by atomic mass is 10.00. The predicted molar refractivity (Wildman–Crippen MR) is 114 cm³/mol. The Labute approximate surface area is 171 Å². The van der Waals surface area contributed by atoms with Crippen molar-refractivity contribution in [3.05, 3.63) is 83.7 Å². The number of aromatic nitrogens is 2. The number of fused-ring (bicyclic) bond motifs is 1. The van der Waals surface area contributed by atoms with E-state index in [-0.39, 0.29) is 6.03 Å². The minimum absolute atomic E-state index is 0.0603. The molecule has 0 saturated carbocycles. The molecule has 0 bridgehead atoms. The summed E-state index contributed by atoms with van der Waals surface area (Å²) in [5.74, 6) is 0. The minimum Gasteiger partial charge on any atom is -0.337 e. The van der Waals surface area contributed by atoms with E-state index in [2.05, 4.69) is 39.6 Å². The summed E-state index contributed by atoms with van der Waals surface area (Å²) in [7, 11) is 1.81. The molecule has 2 amide bonds. The van der Waals surface area contributed by atoms with Crippen LogP contribution in [0.1, 0.15) is 16.7 Å². The Kier molecular flexibility index (Phi) is 5.91. The molecule has 0 spiro atoms. The van der Waals surface area contributed by atoms with Crippen molar-refractivity contribution >= 4 is 6.03 Å². The van der Waals surface area contributed by atoms with Crippen molar-refractivity contribution in [2.75, 3.05) is 26.7 Å². The summed E-state index contributed by atoms with van der Waals surface area (Å²) < 4.78 is 1.83. The van der Waals surface area contributed by atoms with E-state index in [1.807, 2.05) is 54.5 Å². The summed E-state index contributed by atoms with van der Waals surface area (Å²) in [5, 5.41) is 7.42. The van der Waals surface area contributed by atoms with Crippen LogP contribution in [0.4, 0.5) is 4.79 Å². The average Bonchev–Trinajstić information content (AvgIpc) is 3.22. The smallest absolute Gasteiger partial charge is 0.317 e. The third-order valence-corrected chi connectivity index (χ3v) is 5.34. The van der Waals surface area contributed by atoms with Gasteiger partial charge in [0.2, 0.25) is 0 Å². The van der Waals surface area contributed by atoms with E-state index in [1.165, 1.54) is 11.1 Å². The van der Waals surface area contributed by atoms with Crippen molar-refractivity contribution in [3.8, 4) is 5.69 Å². The van der Waals surface area contributed by atoms with Crippen molar-refractivity contribution in [3.63, 3.8) is 0 Å². The van der Waals surface area contributed by atoms with Gasteiger partial charge in [-0.1, -0.05) is 42.5 Å². The van der Waals surface area contributed by atoms with Crippen LogP contribution in [0.15, 0.2) is 67.0 Å². The fourth-order valence-electron chi connectivity index (χ4n) is 3.71. The van der Waals surface area contributed by atoms with Crippen LogP contribution in [0.3, 0.4) is 0 Å². The number of para-hydroxylation sites is 1. The Morgan fingerprint density at radius 3 is 2.69 bits per heavy atom. The Bertz CT molecular complexity index is 953. The molecule has 1 aliphatic rings. The quantitative estimate of drug-likeness (QED) is 0.705. The zero-order valence-electron chi connectivity index (χ0n) is 16.8. The first kappa shape index (κ1) is 19.2. The molecule has 2 heterocycles. The van der Waals surface area contributed by atoms with Crippen LogP contribution >= 0.6 is 0 Å². The van der Waals surface area contributed by atoms with E-state index >= 15 is 0 Å². The fourth-order valence-corrected chi connectivity index (χ4v) is 3.71. The molecule has 0 fully saturated rings. The number of rotatable bonds is 6. The lowest BCUT2D eigenvalue weighted by Gasteiger charge is -2.29. The van der Waals surface area contributed by atoms with E-state index in [0.717, 1.165) is 37.3 Å². The molecule has 0 unspecified atom stereocenters. The molecule has 0 atom stereocenters. The first-order valence-corrected chi connectivity index (χ1v) is 10.1. The number of amides is 2. The summed E-state index contributed by atoms with van der Waals surface area (Å²) in [6, 6.07) is 18.5. The molecule has 1 N–H and O–H groups in total. The summed E-state index contributed by atoms with van der Waals surface area (Å²) in [5.41, 5.74) is 4.86. The summed E-state index contributed by atoms with van der Waals surface area (Å²) in [6.07, 6.45) is 4.85. The van der Waals surface area contributed by atoms with E-state index in [9.17, 15) is 4.79 Å². The van der Waals surface area contributed by atoms with Gasteiger partial charge in [-0.3, -0.25) is 4.90 Å². The Hall–Kier alpha value is -3.12. The maximum Gasteiger partial charge on any atom is 0.317 e. The Morgan fingerprint density at radius 1 is 1.10 bits per heavy atom. The topological polar surface area (TPSA) is 53.4 Å². The van der Waals surface area contributed by atoms with Crippen molar-refractivity contribution in [2.24, 2.45) is 0 Å². The molecule has 29 heavy (non-hydrogen) atoms. The van der Waals surface area contributed by atoms with Gasteiger partial charge in [0.25, 0.3) is 0 Å². The van der Waals surface area contributed by atoms with Crippen LogP contribution in [0.2, 0.25) is 0 Å². The predicted octanol–water partition coefficient (Wildman–Crippen LogP) is 3.07. The van der Waals surface area contributed by atoms with Gasteiger partial charge in [-0.25, -0.2) is 9.48 Å². The number of nitrogens with one attached hydrogen (secondary N) is 1. The second-order valence-corrected chi connectivity index (χ2v) is 7.51. The molecular weight excluding hydrogens is 362 g/mol. The Morgan fingerprint density at radius 2 is 1.86 bits per heavy atom. The highest BCUT2D eigenvalue weighted by atomic mass is 16.2. The summed E-state index contributed by atoms with van der Waals surface area (Å²) in [4.78, 5) is 16.5. The maximum absolute atomic E-state index is 12.4. The van der Waals surface area contributed by atoms with Crippen molar-refractivity contribution in [1.29, 1.82) is 0 Å². The van der Waals surface area contributed by atoms with Gasteiger partial charge in [0.1, 0.15) is 0 Å². The Balaban J connectivity index is 1.23. The maximum atomic E-state index is 12.4. The lowest BCUT2D eigenvalue weighted by molar-refractivity contribution is 0.201. The van der Waals surface area contributed by atoms with Crippen LogP contribution in [0, 0.1) is 0 Å². The second-order valence-electron chi connectivity index (χ2n) is 7.51. The van der Waals surface area contributed by atoms with Crippen molar-refractivity contribution in [2.45, 2.75) is 19.5 Å². The van der Waals surface area contributed by atoms with Gasteiger partial charge in [-0.15, -0.1) is 0 Å². The monoisotopic (exact) mass is 389 g/mol.